The normalized spacial score (nSPS) is 19.6. The first-order valence-corrected chi connectivity index (χ1v) is 15.7. The Morgan fingerprint density at radius 3 is 2.07 bits per heavy atom. The lowest BCUT2D eigenvalue weighted by molar-refractivity contribution is -0.125. The average Bonchev–Trinajstić information content (AvgIpc) is 3.53. The Labute approximate surface area is 273 Å². The molecular formula is C34H37Cl2N3O6. The van der Waals surface area contributed by atoms with Crippen molar-refractivity contribution < 1.29 is 23.8 Å². The zero-order valence-corrected chi connectivity index (χ0v) is 27.2. The van der Waals surface area contributed by atoms with Crippen LogP contribution in [-0.4, -0.2) is 75.7 Å². The van der Waals surface area contributed by atoms with E-state index in [1.807, 2.05) is 47.4 Å². The molecule has 2 aliphatic heterocycles. The van der Waals surface area contributed by atoms with Gasteiger partial charge in [-0.05, 0) is 80.7 Å². The number of nitroso groups, excluding NO2 is 1. The maximum absolute atomic E-state index is 13.9. The van der Waals surface area contributed by atoms with Gasteiger partial charge in [0.25, 0.3) is 11.8 Å². The average molecular weight is 655 g/mol. The summed E-state index contributed by atoms with van der Waals surface area (Å²) >= 11 is 12.8. The van der Waals surface area contributed by atoms with Gasteiger partial charge in [-0.2, -0.15) is 0 Å². The summed E-state index contributed by atoms with van der Waals surface area (Å²) in [6.45, 7) is 3.05. The van der Waals surface area contributed by atoms with Gasteiger partial charge < -0.3 is 24.0 Å². The number of halogens is 2. The number of hydrogen-bond donors (Lipinski definition) is 0. The van der Waals surface area contributed by atoms with E-state index in [0.29, 0.717) is 71.9 Å². The second kappa shape index (κ2) is 13.8. The van der Waals surface area contributed by atoms with Gasteiger partial charge in [-0.15, -0.1) is 4.91 Å². The topological polar surface area (TPSA) is 97.7 Å². The number of piperidine rings is 1. The second-order valence-corrected chi connectivity index (χ2v) is 12.6. The molecule has 2 amide bonds. The Balaban J connectivity index is 1.37. The number of nitrogens with zero attached hydrogens (tertiary/aromatic N) is 3. The third-order valence-electron chi connectivity index (χ3n) is 9.52. The van der Waals surface area contributed by atoms with E-state index < -0.39 is 11.3 Å². The summed E-state index contributed by atoms with van der Waals surface area (Å²) in [6.07, 6.45) is 2.50. The molecule has 11 heteroatoms. The fourth-order valence-corrected chi connectivity index (χ4v) is 7.14. The van der Waals surface area contributed by atoms with E-state index >= 15 is 0 Å². The molecule has 0 saturated carbocycles. The van der Waals surface area contributed by atoms with Crippen molar-refractivity contribution in [1.82, 2.24) is 9.80 Å². The number of rotatable bonds is 10. The molecule has 3 aromatic rings. The van der Waals surface area contributed by atoms with Gasteiger partial charge in [0.05, 0.1) is 36.8 Å². The number of methoxy groups -OCH3 is 3. The zero-order valence-electron chi connectivity index (χ0n) is 25.7. The molecule has 238 valence electrons. The van der Waals surface area contributed by atoms with Crippen LogP contribution in [0.2, 0.25) is 10.0 Å². The van der Waals surface area contributed by atoms with E-state index in [2.05, 4.69) is 10.1 Å². The third kappa shape index (κ3) is 6.39. The molecule has 2 fully saturated rings. The Hall–Kier alpha value is -3.66. The van der Waals surface area contributed by atoms with Crippen LogP contribution in [-0.2, 0) is 15.6 Å². The molecule has 0 N–H and O–H groups in total. The Kier molecular flexibility index (Phi) is 10.0. The van der Waals surface area contributed by atoms with Crippen LogP contribution in [0.1, 0.15) is 47.2 Å². The van der Waals surface area contributed by atoms with E-state index in [1.165, 1.54) is 21.3 Å². The van der Waals surface area contributed by atoms with Crippen molar-refractivity contribution in [2.75, 3.05) is 54.1 Å². The van der Waals surface area contributed by atoms with E-state index in [1.54, 1.807) is 18.2 Å². The van der Waals surface area contributed by atoms with Crippen LogP contribution in [0.3, 0.4) is 0 Å². The summed E-state index contributed by atoms with van der Waals surface area (Å²) in [6, 6.07) is 18.5. The van der Waals surface area contributed by atoms with Crippen molar-refractivity contribution in [1.29, 1.82) is 0 Å². The first-order chi connectivity index (χ1) is 21.7. The van der Waals surface area contributed by atoms with Crippen molar-refractivity contribution in [3.63, 3.8) is 0 Å². The maximum atomic E-state index is 13.9. The van der Waals surface area contributed by atoms with Crippen LogP contribution < -0.4 is 14.2 Å². The molecule has 1 atom stereocenters. The largest absolute Gasteiger partial charge is 0.493 e. The minimum Gasteiger partial charge on any atom is -0.493 e. The molecule has 2 heterocycles. The Morgan fingerprint density at radius 1 is 0.822 bits per heavy atom. The standard InChI is InChI=1S/C34H37Cl2N3O6/c1-43-28-19-23(20-29(44-2)30(28)45-3)31(40)39-18-12-33(22-39,25-9-10-26(35)27(36)21-25)11-15-38-16-13-34(14-17-38,32(41)37-42)24-7-5-4-6-8-24/h4-10,19-21H,11-18,22H2,1-3H3. The van der Waals surface area contributed by atoms with Gasteiger partial charge in [-0.25, -0.2) is 0 Å². The molecule has 5 rings (SSSR count). The summed E-state index contributed by atoms with van der Waals surface area (Å²) < 4.78 is 16.4. The van der Waals surface area contributed by atoms with Crippen molar-refractivity contribution in [2.24, 2.45) is 5.18 Å². The van der Waals surface area contributed by atoms with Gasteiger partial charge in [0.2, 0.25) is 5.75 Å². The lowest BCUT2D eigenvalue weighted by Gasteiger charge is -2.41. The van der Waals surface area contributed by atoms with E-state index in [9.17, 15) is 14.5 Å². The number of amides is 2. The Morgan fingerprint density at radius 2 is 1.49 bits per heavy atom. The molecule has 0 aromatic heterocycles. The monoisotopic (exact) mass is 653 g/mol. The van der Waals surface area contributed by atoms with Gasteiger partial charge in [0.1, 0.15) is 0 Å². The predicted octanol–water partition coefficient (Wildman–Crippen LogP) is 6.52. The molecule has 0 spiro atoms. The van der Waals surface area contributed by atoms with E-state index in [-0.39, 0.29) is 11.3 Å². The van der Waals surface area contributed by atoms with Gasteiger partial charge in [-0.3, -0.25) is 9.59 Å². The predicted molar refractivity (Wildman–Crippen MR) is 174 cm³/mol. The first kappa shape index (κ1) is 32.7. The highest BCUT2D eigenvalue weighted by Crippen LogP contribution is 2.43. The number of ether oxygens (including phenoxy) is 3. The van der Waals surface area contributed by atoms with Crippen LogP contribution in [0.15, 0.2) is 65.8 Å². The van der Waals surface area contributed by atoms with Crippen molar-refractivity contribution in [3.8, 4) is 17.2 Å². The fraction of sp³-hybridized carbons (Fsp3) is 0.412. The molecule has 45 heavy (non-hydrogen) atoms. The van der Waals surface area contributed by atoms with Crippen LogP contribution >= 0.6 is 23.2 Å². The number of hydrogen-bond acceptors (Lipinski definition) is 7. The van der Waals surface area contributed by atoms with Crippen molar-refractivity contribution >= 4 is 35.0 Å². The lowest BCUT2D eigenvalue weighted by Crippen LogP contribution is -2.48. The highest BCUT2D eigenvalue weighted by Gasteiger charge is 2.45. The molecular weight excluding hydrogens is 617 g/mol. The van der Waals surface area contributed by atoms with Gasteiger partial charge in [0, 0.05) is 29.2 Å². The maximum Gasteiger partial charge on any atom is 0.296 e. The number of likely N-dealkylation sites (tertiary alicyclic amines) is 2. The smallest absolute Gasteiger partial charge is 0.296 e. The molecule has 3 aromatic carbocycles. The molecule has 1 unspecified atom stereocenters. The van der Waals surface area contributed by atoms with Crippen molar-refractivity contribution in [3.05, 3.63) is 92.3 Å². The van der Waals surface area contributed by atoms with Gasteiger partial charge in [-0.1, -0.05) is 59.6 Å². The van der Waals surface area contributed by atoms with Crippen molar-refractivity contribution in [2.45, 2.75) is 36.5 Å². The molecule has 9 nitrogen and oxygen atoms in total. The van der Waals surface area contributed by atoms with E-state index in [0.717, 1.165) is 30.5 Å². The molecule has 2 aliphatic rings. The highest BCUT2D eigenvalue weighted by atomic mass is 35.5. The summed E-state index contributed by atoms with van der Waals surface area (Å²) in [4.78, 5) is 42.3. The SMILES string of the molecule is COc1cc(C(=O)N2CCC(CCN3CCC(C(=O)N=O)(c4ccccc4)CC3)(c3ccc(Cl)c(Cl)c3)C2)cc(OC)c1OC. The quantitative estimate of drug-likeness (QED) is 0.230. The third-order valence-corrected chi connectivity index (χ3v) is 10.3. The molecule has 0 aliphatic carbocycles. The summed E-state index contributed by atoms with van der Waals surface area (Å²) in [5.74, 6) is 0.496. The van der Waals surface area contributed by atoms with Crippen LogP contribution in [0.5, 0.6) is 17.2 Å². The van der Waals surface area contributed by atoms with Gasteiger partial charge >= 0.3 is 0 Å². The minimum absolute atomic E-state index is 0.137. The summed E-state index contributed by atoms with van der Waals surface area (Å²) in [7, 11) is 4.56. The molecule has 2 saturated heterocycles. The summed E-state index contributed by atoms with van der Waals surface area (Å²) in [5, 5.41) is 3.79. The van der Waals surface area contributed by atoms with Crippen LogP contribution in [0, 0.1) is 4.91 Å². The zero-order chi connectivity index (χ0) is 32.2. The van der Waals surface area contributed by atoms with Crippen LogP contribution in [0.4, 0.5) is 0 Å². The molecule has 0 bridgehead atoms. The van der Waals surface area contributed by atoms with Crippen LogP contribution in [0.25, 0.3) is 0 Å². The Bertz CT molecular complexity index is 1540. The fourth-order valence-electron chi connectivity index (χ4n) is 6.84. The van der Waals surface area contributed by atoms with E-state index in [4.69, 9.17) is 37.4 Å². The highest BCUT2D eigenvalue weighted by molar-refractivity contribution is 6.42. The number of carbonyl (C=O) groups excluding carboxylic acids is 2. The number of benzene rings is 3. The lowest BCUT2D eigenvalue weighted by atomic mass is 9.71. The summed E-state index contributed by atoms with van der Waals surface area (Å²) in [5.41, 5.74) is 1.01. The first-order valence-electron chi connectivity index (χ1n) is 14.9. The minimum atomic E-state index is -0.905. The number of carbonyl (C=O) groups is 2. The van der Waals surface area contributed by atoms with Gasteiger partial charge in [0.15, 0.2) is 11.5 Å². The second-order valence-electron chi connectivity index (χ2n) is 11.7. The molecule has 0 radical (unpaired) electrons.